The second-order valence-corrected chi connectivity index (χ2v) is 4.05. The monoisotopic (exact) mass is 309 g/mol. The van der Waals surface area contributed by atoms with E-state index >= 15 is 0 Å². The number of rotatable bonds is 4. The van der Waals surface area contributed by atoms with Crippen LogP contribution in [0.1, 0.15) is 6.42 Å². The summed E-state index contributed by atoms with van der Waals surface area (Å²) in [5, 5.41) is 11.2. The first-order valence-corrected chi connectivity index (χ1v) is 5.53. The van der Waals surface area contributed by atoms with Gasteiger partial charge in [0.2, 0.25) is 5.91 Å². The van der Waals surface area contributed by atoms with Crippen molar-refractivity contribution in [1.29, 1.82) is 0 Å². The third-order valence-corrected chi connectivity index (χ3v) is 2.56. The number of nitrogens with one attached hydrogen (secondary N) is 1. The summed E-state index contributed by atoms with van der Waals surface area (Å²) in [6.07, 6.45) is -7.08. The van der Waals surface area contributed by atoms with Crippen molar-refractivity contribution in [2.24, 2.45) is 0 Å². The Morgan fingerprint density at radius 2 is 1.86 bits per heavy atom. The third kappa shape index (κ3) is 3.69. The second kappa shape index (κ2) is 6.08. The Morgan fingerprint density at radius 1 is 1.29 bits per heavy atom. The summed E-state index contributed by atoms with van der Waals surface area (Å²) in [7, 11) is 0.633. The molecule has 21 heavy (non-hydrogen) atoms. The highest BCUT2D eigenvalue weighted by atomic mass is 19.4. The fraction of sp³-hybridized carbons (Fsp3) is 0.333. The van der Waals surface area contributed by atoms with Gasteiger partial charge in [0.1, 0.15) is 5.82 Å². The maximum atomic E-state index is 13.3. The molecule has 9 heteroatoms. The van der Waals surface area contributed by atoms with Gasteiger partial charge < -0.3 is 15.2 Å². The Labute approximate surface area is 116 Å². The summed E-state index contributed by atoms with van der Waals surface area (Å²) in [5.74, 6) is -4.30. The van der Waals surface area contributed by atoms with Gasteiger partial charge in [-0.1, -0.05) is 12.1 Å². The number of hydrogen-bond donors (Lipinski definition) is 2. The maximum absolute atomic E-state index is 13.3. The van der Waals surface area contributed by atoms with Crippen molar-refractivity contribution in [1.82, 2.24) is 0 Å². The van der Waals surface area contributed by atoms with Crippen LogP contribution in [0, 0.1) is 5.82 Å². The molecule has 0 bridgehead atoms. The summed E-state index contributed by atoms with van der Waals surface area (Å²) in [6.45, 7) is 0. The van der Waals surface area contributed by atoms with Crippen LogP contribution in [0.2, 0.25) is 0 Å². The highest BCUT2D eigenvalue weighted by Crippen LogP contribution is 2.34. The average molecular weight is 309 g/mol. The summed E-state index contributed by atoms with van der Waals surface area (Å²) >= 11 is 0. The van der Waals surface area contributed by atoms with Gasteiger partial charge in [-0.2, -0.15) is 13.2 Å². The van der Waals surface area contributed by atoms with E-state index in [1.165, 1.54) is 12.1 Å². The van der Waals surface area contributed by atoms with Crippen molar-refractivity contribution in [3.8, 4) is 0 Å². The minimum Gasteiger partial charge on any atom is -0.467 e. The molecule has 5 nitrogen and oxygen atoms in total. The summed E-state index contributed by atoms with van der Waals surface area (Å²) in [5.41, 5.74) is -4.38. The molecule has 1 amide bonds. The van der Waals surface area contributed by atoms with Gasteiger partial charge in [-0.15, -0.1) is 0 Å². The Hall–Kier alpha value is -2.16. The van der Waals surface area contributed by atoms with E-state index in [1.807, 2.05) is 5.32 Å². The first-order chi connectivity index (χ1) is 9.61. The molecule has 0 aromatic heterocycles. The van der Waals surface area contributed by atoms with E-state index in [1.54, 1.807) is 0 Å². The number of ether oxygens (including phenoxy) is 1. The lowest BCUT2D eigenvalue weighted by Crippen LogP contribution is -2.54. The van der Waals surface area contributed by atoms with Crippen molar-refractivity contribution in [3.63, 3.8) is 0 Å². The number of aliphatic hydroxyl groups is 1. The fourth-order valence-electron chi connectivity index (χ4n) is 1.45. The Morgan fingerprint density at radius 3 is 2.33 bits per heavy atom. The predicted octanol–water partition coefficient (Wildman–Crippen LogP) is 1.62. The molecule has 0 aliphatic carbocycles. The quantitative estimate of drug-likeness (QED) is 0.654. The molecule has 0 heterocycles. The van der Waals surface area contributed by atoms with Crippen molar-refractivity contribution in [2.45, 2.75) is 18.2 Å². The van der Waals surface area contributed by atoms with Gasteiger partial charge in [0.25, 0.3) is 5.60 Å². The molecule has 0 aliphatic rings. The highest BCUT2D eigenvalue weighted by Gasteiger charge is 2.61. The Kier molecular flexibility index (Phi) is 4.89. The third-order valence-electron chi connectivity index (χ3n) is 2.56. The van der Waals surface area contributed by atoms with E-state index in [-0.39, 0.29) is 5.69 Å². The molecule has 0 fully saturated rings. The summed E-state index contributed by atoms with van der Waals surface area (Å²) < 4.78 is 55.2. The SMILES string of the molecule is COC(=O)[C@](O)(CC(=O)Nc1ccccc1F)C(F)(F)F. The number of para-hydroxylation sites is 1. The van der Waals surface area contributed by atoms with Crippen LogP contribution >= 0.6 is 0 Å². The standard InChI is InChI=1S/C12H11F4NO4/c1-21-10(19)11(20,12(14,15)16)6-9(18)17-8-5-3-2-4-7(8)13/h2-5,20H,6H2,1H3,(H,17,18)/t11-/m1/s1. The summed E-state index contributed by atoms with van der Waals surface area (Å²) in [6, 6.07) is 4.74. The van der Waals surface area contributed by atoms with E-state index in [2.05, 4.69) is 4.74 Å². The maximum Gasteiger partial charge on any atom is 0.428 e. The van der Waals surface area contributed by atoms with Gasteiger partial charge in [-0.05, 0) is 12.1 Å². The molecule has 1 rings (SSSR count). The van der Waals surface area contributed by atoms with Crippen LogP contribution in [0.25, 0.3) is 0 Å². The largest absolute Gasteiger partial charge is 0.467 e. The van der Waals surface area contributed by atoms with E-state index in [4.69, 9.17) is 0 Å². The van der Waals surface area contributed by atoms with Gasteiger partial charge in [-0.25, -0.2) is 9.18 Å². The van der Waals surface area contributed by atoms with Crippen LogP contribution in [0.3, 0.4) is 0 Å². The van der Waals surface area contributed by atoms with Crippen molar-refractivity contribution in [2.75, 3.05) is 12.4 Å². The number of hydrogen-bond acceptors (Lipinski definition) is 4. The topological polar surface area (TPSA) is 75.6 Å². The normalized spacial score (nSPS) is 14.2. The summed E-state index contributed by atoms with van der Waals surface area (Å²) in [4.78, 5) is 22.6. The zero-order valence-corrected chi connectivity index (χ0v) is 10.7. The smallest absolute Gasteiger partial charge is 0.428 e. The second-order valence-electron chi connectivity index (χ2n) is 4.05. The predicted molar refractivity (Wildman–Crippen MR) is 62.7 cm³/mol. The number of amides is 1. The van der Waals surface area contributed by atoms with Crippen LogP contribution < -0.4 is 5.32 Å². The Bertz CT molecular complexity index is 546. The molecule has 1 aromatic rings. The van der Waals surface area contributed by atoms with Crippen molar-refractivity contribution in [3.05, 3.63) is 30.1 Å². The van der Waals surface area contributed by atoms with Gasteiger partial charge >= 0.3 is 12.1 Å². The van der Waals surface area contributed by atoms with Gasteiger partial charge in [0.05, 0.1) is 19.2 Å². The van der Waals surface area contributed by atoms with Crippen LogP contribution in [0.5, 0.6) is 0 Å². The van der Waals surface area contributed by atoms with Gasteiger partial charge in [0.15, 0.2) is 0 Å². The number of carbonyl (C=O) groups is 2. The lowest BCUT2D eigenvalue weighted by molar-refractivity contribution is -0.261. The number of alkyl halides is 3. The molecular formula is C12H11F4NO4. The zero-order chi connectivity index (χ0) is 16.3. The van der Waals surface area contributed by atoms with Crippen molar-refractivity contribution >= 4 is 17.6 Å². The minimum absolute atomic E-state index is 0.378. The number of anilines is 1. The van der Waals surface area contributed by atoms with Crippen molar-refractivity contribution < 1.29 is 37.0 Å². The molecule has 0 aliphatic heterocycles. The minimum atomic E-state index is -5.42. The number of methoxy groups -OCH3 is 1. The lowest BCUT2D eigenvalue weighted by atomic mass is 9.98. The molecule has 0 saturated heterocycles. The van der Waals surface area contributed by atoms with Gasteiger partial charge in [-0.3, -0.25) is 4.79 Å². The number of benzene rings is 1. The first-order valence-electron chi connectivity index (χ1n) is 5.53. The Balaban J connectivity index is 2.93. The van der Waals surface area contributed by atoms with E-state index in [0.717, 1.165) is 12.1 Å². The van der Waals surface area contributed by atoms with Gasteiger partial charge in [0, 0.05) is 0 Å². The molecule has 0 saturated carbocycles. The van der Waals surface area contributed by atoms with E-state index in [9.17, 15) is 32.3 Å². The molecule has 1 aromatic carbocycles. The molecule has 1 atom stereocenters. The first kappa shape index (κ1) is 16.9. The number of carbonyl (C=O) groups excluding carboxylic acids is 2. The lowest BCUT2D eigenvalue weighted by Gasteiger charge is -2.26. The van der Waals surface area contributed by atoms with Crippen LogP contribution in [0.4, 0.5) is 23.2 Å². The highest BCUT2D eigenvalue weighted by molar-refractivity contribution is 5.96. The van der Waals surface area contributed by atoms with E-state index in [0.29, 0.717) is 7.11 Å². The molecule has 0 unspecified atom stereocenters. The van der Waals surface area contributed by atoms with E-state index < -0.39 is 35.9 Å². The molecular weight excluding hydrogens is 298 g/mol. The molecule has 116 valence electrons. The van der Waals surface area contributed by atoms with Crippen LogP contribution in [0.15, 0.2) is 24.3 Å². The average Bonchev–Trinajstić information content (AvgIpc) is 2.39. The number of halogens is 4. The fourth-order valence-corrected chi connectivity index (χ4v) is 1.45. The van der Waals surface area contributed by atoms with Crippen LogP contribution in [-0.2, 0) is 14.3 Å². The zero-order valence-electron chi connectivity index (χ0n) is 10.7. The molecule has 0 radical (unpaired) electrons. The molecule has 2 N–H and O–H groups in total. The number of esters is 1. The van der Waals surface area contributed by atoms with Crippen LogP contribution in [-0.4, -0.2) is 35.9 Å². The molecule has 0 spiro atoms.